The fraction of sp³-hybridized carbons (Fsp3) is 0.250. The summed E-state index contributed by atoms with van der Waals surface area (Å²) in [7, 11) is 1.97. The molecule has 0 aliphatic heterocycles. The molecule has 0 aliphatic carbocycles. The number of nitrogens with two attached hydrogens (primary N) is 1. The number of aromatic hydroxyl groups is 1. The van der Waals surface area contributed by atoms with E-state index in [0.29, 0.717) is 5.75 Å². The number of hydrogen-bond donors (Lipinski definition) is 2. The number of phenols is 1. The monoisotopic (exact) mass is 251 g/mol. The normalized spacial score (nSPS) is 9.17. The van der Waals surface area contributed by atoms with Gasteiger partial charge in [0.2, 0.25) is 0 Å². The third-order valence-corrected chi connectivity index (χ3v) is 1.96. The topological polar surface area (TPSA) is 36.8 Å². The average molecular weight is 253 g/mol. The van der Waals surface area contributed by atoms with Gasteiger partial charge in [-0.05, 0) is 18.2 Å². The van der Waals surface area contributed by atoms with Crippen LogP contribution < -0.4 is 17.7 Å². The predicted molar refractivity (Wildman–Crippen MR) is 47.4 cm³/mol. The summed E-state index contributed by atoms with van der Waals surface area (Å²) in [6, 6.07) is 5.45. The number of phenolic OH excluding ortho intramolecular Hbond substituents is 1. The van der Waals surface area contributed by atoms with Crippen molar-refractivity contribution in [1.29, 1.82) is 0 Å². The fourth-order valence-corrected chi connectivity index (χ4v) is 1.35. The Hall–Kier alpha value is -0.250. The number of rotatable bonds is 2. The van der Waals surface area contributed by atoms with Crippen molar-refractivity contribution >= 4 is 15.9 Å². The number of halogens is 2. The molecule has 0 unspecified atom stereocenters. The van der Waals surface area contributed by atoms with Crippen LogP contribution in [0.15, 0.2) is 22.7 Å². The van der Waals surface area contributed by atoms with Gasteiger partial charge in [0.1, 0.15) is 12.3 Å². The van der Waals surface area contributed by atoms with Crippen molar-refractivity contribution in [2.45, 2.75) is 6.54 Å². The van der Waals surface area contributed by atoms with Crippen LogP contribution in [0.4, 0.5) is 0 Å². The predicted octanol–water partition coefficient (Wildman–Crippen LogP) is -2.15. The summed E-state index contributed by atoms with van der Waals surface area (Å²) in [5, 5.41) is 11.3. The van der Waals surface area contributed by atoms with Crippen molar-refractivity contribution in [2.75, 3.05) is 7.05 Å². The zero-order chi connectivity index (χ0) is 8.27. The van der Waals surface area contributed by atoms with Gasteiger partial charge in [0, 0.05) is 10.0 Å². The Balaban J connectivity index is 0.00000121. The fourth-order valence-electron chi connectivity index (χ4n) is 0.937. The molecule has 0 aliphatic rings. The molecule has 3 N–H and O–H groups in total. The molecule has 12 heavy (non-hydrogen) atoms. The van der Waals surface area contributed by atoms with Crippen molar-refractivity contribution in [1.82, 2.24) is 0 Å². The zero-order valence-electron chi connectivity index (χ0n) is 6.72. The molecule has 1 aromatic carbocycles. The summed E-state index contributed by atoms with van der Waals surface area (Å²) < 4.78 is 1.01. The van der Waals surface area contributed by atoms with E-state index in [-0.39, 0.29) is 12.4 Å². The van der Waals surface area contributed by atoms with Gasteiger partial charge in [-0.1, -0.05) is 15.9 Å². The Labute approximate surface area is 86.5 Å². The Morgan fingerprint density at radius 1 is 1.50 bits per heavy atom. The van der Waals surface area contributed by atoms with Crippen LogP contribution in [0.1, 0.15) is 5.56 Å². The summed E-state index contributed by atoms with van der Waals surface area (Å²) in [6.45, 7) is 0.811. The maximum Gasteiger partial charge on any atom is 0.124 e. The van der Waals surface area contributed by atoms with Gasteiger partial charge in [-0.25, -0.2) is 0 Å². The second kappa shape index (κ2) is 5.41. The van der Waals surface area contributed by atoms with E-state index in [1.54, 1.807) is 6.07 Å². The van der Waals surface area contributed by atoms with E-state index in [4.69, 9.17) is 0 Å². The van der Waals surface area contributed by atoms with E-state index in [9.17, 15) is 5.11 Å². The van der Waals surface area contributed by atoms with Gasteiger partial charge in [0.05, 0.1) is 7.05 Å². The van der Waals surface area contributed by atoms with Gasteiger partial charge in [0.25, 0.3) is 0 Å². The Morgan fingerprint density at radius 2 is 2.17 bits per heavy atom. The van der Waals surface area contributed by atoms with Crippen LogP contribution in [0, 0.1) is 0 Å². The first-order valence-electron chi connectivity index (χ1n) is 3.49. The van der Waals surface area contributed by atoms with Crippen LogP contribution in [-0.4, -0.2) is 12.2 Å². The summed E-state index contributed by atoms with van der Waals surface area (Å²) in [5.41, 5.74) is 0.960. The Morgan fingerprint density at radius 3 is 2.75 bits per heavy atom. The molecule has 0 saturated carbocycles. The third-order valence-electron chi connectivity index (χ3n) is 1.47. The highest BCUT2D eigenvalue weighted by Crippen LogP contribution is 2.20. The maximum atomic E-state index is 9.33. The minimum atomic E-state index is 0. The van der Waals surface area contributed by atoms with E-state index >= 15 is 0 Å². The summed E-state index contributed by atoms with van der Waals surface area (Å²) in [6.07, 6.45) is 0. The molecule has 1 rings (SSSR count). The van der Waals surface area contributed by atoms with Crippen LogP contribution in [0.5, 0.6) is 5.75 Å². The number of hydrogen-bond acceptors (Lipinski definition) is 1. The molecule has 4 heteroatoms. The van der Waals surface area contributed by atoms with Gasteiger partial charge >= 0.3 is 0 Å². The molecule has 0 fully saturated rings. The zero-order valence-corrected chi connectivity index (χ0v) is 9.06. The van der Waals surface area contributed by atoms with Crippen LogP contribution in [0.2, 0.25) is 0 Å². The lowest BCUT2D eigenvalue weighted by Crippen LogP contribution is -3.00. The highest BCUT2D eigenvalue weighted by molar-refractivity contribution is 9.10. The van der Waals surface area contributed by atoms with Crippen LogP contribution >= 0.6 is 15.9 Å². The largest absolute Gasteiger partial charge is 1.00 e. The van der Waals surface area contributed by atoms with Crippen LogP contribution in [0.3, 0.4) is 0 Å². The average Bonchev–Trinajstić information content (AvgIpc) is 1.98. The molecule has 0 radical (unpaired) electrons. The Kier molecular flexibility index (Phi) is 5.29. The second-order valence-electron chi connectivity index (χ2n) is 2.39. The molecule has 1 aromatic rings. The molecule has 0 atom stereocenters. The first-order valence-corrected chi connectivity index (χ1v) is 4.28. The van der Waals surface area contributed by atoms with Crippen molar-refractivity contribution < 1.29 is 22.8 Å². The first kappa shape index (κ1) is 11.8. The molecular formula is C8H11BrClNO. The summed E-state index contributed by atoms with van der Waals surface area (Å²) in [4.78, 5) is 0. The molecule has 68 valence electrons. The highest BCUT2D eigenvalue weighted by atomic mass is 79.9. The van der Waals surface area contributed by atoms with Crippen molar-refractivity contribution in [3.8, 4) is 5.75 Å². The van der Waals surface area contributed by atoms with Crippen LogP contribution in [-0.2, 0) is 6.54 Å². The smallest absolute Gasteiger partial charge is 0.124 e. The minimum absolute atomic E-state index is 0. The van der Waals surface area contributed by atoms with Crippen molar-refractivity contribution in [2.24, 2.45) is 0 Å². The van der Waals surface area contributed by atoms with Gasteiger partial charge in [-0.15, -0.1) is 0 Å². The summed E-state index contributed by atoms with van der Waals surface area (Å²) >= 11 is 3.34. The lowest BCUT2D eigenvalue weighted by Gasteiger charge is -2.01. The number of quaternary nitrogens is 1. The highest BCUT2D eigenvalue weighted by Gasteiger charge is 2.01. The van der Waals surface area contributed by atoms with Gasteiger partial charge in [-0.2, -0.15) is 0 Å². The maximum absolute atomic E-state index is 9.33. The van der Waals surface area contributed by atoms with Gasteiger partial charge < -0.3 is 22.8 Å². The number of benzene rings is 1. The standard InChI is InChI=1S/C8H10BrNO.ClH/c1-10-5-6-4-7(9)2-3-8(6)11;/h2-4,10-11H,5H2,1H3;1H. The summed E-state index contributed by atoms with van der Waals surface area (Å²) in [5.74, 6) is 0.367. The molecule has 0 spiro atoms. The van der Waals surface area contributed by atoms with E-state index in [1.165, 1.54) is 0 Å². The molecule has 0 amide bonds. The molecule has 0 bridgehead atoms. The molecule has 2 nitrogen and oxygen atoms in total. The molecule has 0 aromatic heterocycles. The quantitative estimate of drug-likeness (QED) is 0.619. The lowest BCUT2D eigenvalue weighted by atomic mass is 10.2. The minimum Gasteiger partial charge on any atom is -1.00 e. The van der Waals surface area contributed by atoms with E-state index in [2.05, 4.69) is 15.9 Å². The molecule has 0 saturated heterocycles. The van der Waals surface area contributed by atoms with Gasteiger partial charge in [-0.3, -0.25) is 0 Å². The second-order valence-corrected chi connectivity index (χ2v) is 3.30. The van der Waals surface area contributed by atoms with E-state index in [0.717, 1.165) is 16.6 Å². The van der Waals surface area contributed by atoms with Crippen molar-refractivity contribution in [3.05, 3.63) is 28.2 Å². The van der Waals surface area contributed by atoms with E-state index < -0.39 is 0 Å². The van der Waals surface area contributed by atoms with Gasteiger partial charge in [0.15, 0.2) is 0 Å². The first-order chi connectivity index (χ1) is 5.24. The third kappa shape index (κ3) is 3.01. The van der Waals surface area contributed by atoms with Crippen LogP contribution in [0.25, 0.3) is 0 Å². The molecular weight excluding hydrogens is 241 g/mol. The van der Waals surface area contributed by atoms with Crippen molar-refractivity contribution in [3.63, 3.8) is 0 Å². The van der Waals surface area contributed by atoms with E-state index in [1.807, 2.05) is 24.5 Å². The SMILES string of the molecule is C[NH2+]Cc1cc(Br)ccc1O.[Cl-]. The Bertz CT molecular complexity index is 255. The lowest BCUT2D eigenvalue weighted by molar-refractivity contribution is -0.643. The molecule has 0 heterocycles.